The first-order chi connectivity index (χ1) is 21.7. The van der Waals surface area contributed by atoms with Gasteiger partial charge in [-0.1, -0.05) is 36.8 Å². The number of aromatic nitrogens is 5. The Kier molecular flexibility index (Phi) is 7.52. The molecule has 9 nitrogen and oxygen atoms in total. The summed E-state index contributed by atoms with van der Waals surface area (Å²) in [4.78, 5) is 7.45. The average molecular weight is 590 g/mol. The van der Waals surface area contributed by atoms with Crippen molar-refractivity contribution in [2.45, 2.75) is 82.7 Å². The van der Waals surface area contributed by atoms with E-state index in [-0.39, 0.29) is 0 Å². The Morgan fingerprint density at radius 2 is 1.70 bits per heavy atom. The van der Waals surface area contributed by atoms with Gasteiger partial charge in [0.15, 0.2) is 5.82 Å². The van der Waals surface area contributed by atoms with Crippen LogP contribution in [0, 0.1) is 5.92 Å². The summed E-state index contributed by atoms with van der Waals surface area (Å²) in [7, 11) is 0. The lowest BCUT2D eigenvalue weighted by Gasteiger charge is -2.44. The molecule has 228 valence electrons. The van der Waals surface area contributed by atoms with Gasteiger partial charge in [-0.05, 0) is 130 Å². The van der Waals surface area contributed by atoms with Crippen molar-refractivity contribution >= 4 is 17.6 Å². The quantitative estimate of drug-likeness (QED) is 0.271. The van der Waals surface area contributed by atoms with Crippen molar-refractivity contribution in [3.8, 4) is 17.1 Å². The Morgan fingerprint density at radius 3 is 2.61 bits per heavy atom. The van der Waals surface area contributed by atoms with Crippen molar-refractivity contribution in [2.24, 2.45) is 5.92 Å². The molecule has 2 saturated heterocycles. The summed E-state index contributed by atoms with van der Waals surface area (Å²) in [5.74, 6) is 2.18. The SMILES string of the molecule is Nc1nc(Nc2ccc3c(c2)CCC(N2CCCCC2C2CCNC2)CC3)nn1-c1cc2c(nn1)-c1ccccc1CCC2. The molecule has 2 fully saturated rings. The molecular formula is C35H43N9. The van der Waals surface area contributed by atoms with E-state index in [0.29, 0.717) is 23.8 Å². The van der Waals surface area contributed by atoms with Crippen molar-refractivity contribution in [2.75, 3.05) is 30.7 Å². The molecule has 0 amide bonds. The minimum atomic E-state index is 0.293. The van der Waals surface area contributed by atoms with Gasteiger partial charge < -0.3 is 16.4 Å². The summed E-state index contributed by atoms with van der Waals surface area (Å²) >= 11 is 0. The molecule has 4 N–H and O–H groups in total. The van der Waals surface area contributed by atoms with Crippen molar-refractivity contribution in [3.63, 3.8) is 0 Å². The number of benzene rings is 2. The van der Waals surface area contributed by atoms with E-state index in [1.165, 1.54) is 86.0 Å². The highest BCUT2D eigenvalue weighted by atomic mass is 15.4. The first-order valence-electron chi connectivity index (χ1n) is 16.7. The lowest BCUT2D eigenvalue weighted by atomic mass is 9.87. The minimum Gasteiger partial charge on any atom is -0.368 e. The fraction of sp³-hybridized carbons (Fsp3) is 0.486. The fourth-order valence-corrected chi connectivity index (χ4v) is 8.30. The molecule has 2 aromatic heterocycles. The van der Waals surface area contributed by atoms with Crippen LogP contribution in [0.5, 0.6) is 0 Å². The van der Waals surface area contributed by atoms with Crippen molar-refractivity contribution in [1.29, 1.82) is 0 Å². The number of rotatable bonds is 5. The molecule has 2 aliphatic heterocycles. The highest BCUT2D eigenvalue weighted by Gasteiger charge is 2.35. The first kappa shape index (κ1) is 27.7. The van der Waals surface area contributed by atoms with Gasteiger partial charge in [0.2, 0.25) is 11.9 Å². The van der Waals surface area contributed by atoms with Gasteiger partial charge >= 0.3 is 0 Å². The number of aryl methyl sites for hydroxylation is 4. The Bertz CT molecular complexity index is 1640. The molecule has 3 unspecified atom stereocenters. The summed E-state index contributed by atoms with van der Waals surface area (Å²) in [6, 6.07) is 18.7. The number of nitrogens with one attached hydrogen (secondary N) is 2. The summed E-state index contributed by atoms with van der Waals surface area (Å²) in [6.07, 6.45) is 13.3. The van der Waals surface area contributed by atoms with E-state index in [1.54, 1.807) is 4.68 Å². The topological polar surface area (TPSA) is 110 Å². The number of anilines is 3. The standard InChI is InChI=1S/C35H43N9/c36-34-39-35(42-44(34)32-21-26-8-5-7-24-6-1-2-9-30(24)33(26)41-40-32)38-28-14-11-23-12-15-29(16-13-25(23)20-28)43-19-4-3-10-31(43)27-17-18-37-22-27/h1-2,6,9,11,14,20-21,27,29,31,37H,3-5,7-8,10,12-13,15-19,22H2,(H3,36,38,39,42). The second-order valence-electron chi connectivity index (χ2n) is 13.2. The molecule has 4 aromatic rings. The van der Waals surface area contributed by atoms with Gasteiger partial charge in [0, 0.05) is 23.3 Å². The van der Waals surface area contributed by atoms with E-state index in [2.05, 4.69) is 79.2 Å². The van der Waals surface area contributed by atoms with Gasteiger partial charge in [0.05, 0.1) is 5.69 Å². The molecule has 8 rings (SSSR count). The number of likely N-dealkylation sites (tertiary alicyclic amines) is 1. The van der Waals surface area contributed by atoms with E-state index < -0.39 is 0 Å². The Labute approximate surface area is 259 Å². The second-order valence-corrected chi connectivity index (χ2v) is 13.2. The van der Waals surface area contributed by atoms with Gasteiger partial charge in [-0.15, -0.1) is 15.3 Å². The molecule has 0 bridgehead atoms. The monoisotopic (exact) mass is 589 g/mol. The summed E-state index contributed by atoms with van der Waals surface area (Å²) in [5.41, 5.74) is 14.9. The molecule has 0 saturated carbocycles. The van der Waals surface area contributed by atoms with E-state index in [0.717, 1.165) is 55.4 Å². The molecule has 4 heterocycles. The molecule has 9 heteroatoms. The van der Waals surface area contributed by atoms with Gasteiger partial charge in [-0.25, -0.2) is 0 Å². The van der Waals surface area contributed by atoms with Crippen molar-refractivity contribution in [3.05, 3.63) is 70.8 Å². The molecule has 0 radical (unpaired) electrons. The van der Waals surface area contributed by atoms with Crippen LogP contribution in [-0.2, 0) is 25.7 Å². The molecule has 4 aliphatic rings. The Morgan fingerprint density at radius 1 is 0.818 bits per heavy atom. The van der Waals surface area contributed by atoms with Gasteiger partial charge in [0.25, 0.3) is 0 Å². The maximum Gasteiger partial charge on any atom is 0.248 e. The first-order valence-corrected chi connectivity index (χ1v) is 16.7. The third-order valence-electron chi connectivity index (χ3n) is 10.5. The smallest absolute Gasteiger partial charge is 0.248 e. The predicted molar refractivity (Wildman–Crippen MR) is 174 cm³/mol. The minimum absolute atomic E-state index is 0.293. The highest BCUT2D eigenvalue weighted by Crippen LogP contribution is 2.35. The molecule has 3 atom stereocenters. The summed E-state index contributed by atoms with van der Waals surface area (Å²) in [5, 5.41) is 20.9. The molecule has 2 aliphatic carbocycles. The number of fused-ring (bicyclic) bond motifs is 4. The van der Waals surface area contributed by atoms with E-state index >= 15 is 0 Å². The zero-order chi connectivity index (χ0) is 29.5. The van der Waals surface area contributed by atoms with Crippen LogP contribution in [0.3, 0.4) is 0 Å². The number of hydrogen-bond donors (Lipinski definition) is 3. The Balaban J connectivity index is 0.977. The molecule has 44 heavy (non-hydrogen) atoms. The normalized spacial score (nSPS) is 23.7. The summed E-state index contributed by atoms with van der Waals surface area (Å²) < 4.78 is 1.59. The fourth-order valence-electron chi connectivity index (χ4n) is 8.30. The van der Waals surface area contributed by atoms with E-state index in [9.17, 15) is 0 Å². The van der Waals surface area contributed by atoms with Crippen LogP contribution >= 0.6 is 0 Å². The van der Waals surface area contributed by atoms with E-state index in [1.807, 2.05) is 0 Å². The molecule has 2 aromatic carbocycles. The lowest BCUT2D eigenvalue weighted by molar-refractivity contribution is 0.0544. The molecule has 0 spiro atoms. The van der Waals surface area contributed by atoms with Crippen LogP contribution in [0.25, 0.3) is 17.1 Å². The van der Waals surface area contributed by atoms with Gasteiger partial charge in [0.1, 0.15) is 0 Å². The zero-order valence-electron chi connectivity index (χ0n) is 25.5. The van der Waals surface area contributed by atoms with Gasteiger partial charge in [-0.3, -0.25) is 4.90 Å². The predicted octanol–water partition coefficient (Wildman–Crippen LogP) is 5.25. The van der Waals surface area contributed by atoms with Crippen LogP contribution in [-0.4, -0.2) is 61.6 Å². The van der Waals surface area contributed by atoms with Gasteiger partial charge in [-0.2, -0.15) is 9.67 Å². The summed E-state index contributed by atoms with van der Waals surface area (Å²) in [6.45, 7) is 3.66. The third kappa shape index (κ3) is 5.37. The third-order valence-corrected chi connectivity index (χ3v) is 10.5. The van der Waals surface area contributed by atoms with E-state index in [4.69, 9.17) is 10.8 Å². The van der Waals surface area contributed by atoms with Crippen LogP contribution in [0.4, 0.5) is 17.6 Å². The Hall–Kier alpha value is -3.82. The highest BCUT2D eigenvalue weighted by molar-refractivity contribution is 5.68. The zero-order valence-corrected chi connectivity index (χ0v) is 25.5. The van der Waals surface area contributed by atoms with Crippen LogP contribution in [0.15, 0.2) is 48.5 Å². The van der Waals surface area contributed by atoms with Crippen molar-refractivity contribution in [1.82, 2.24) is 35.2 Å². The van der Waals surface area contributed by atoms with Crippen molar-refractivity contribution < 1.29 is 0 Å². The van der Waals surface area contributed by atoms with Crippen LogP contribution < -0.4 is 16.4 Å². The molecular weight excluding hydrogens is 546 g/mol. The largest absolute Gasteiger partial charge is 0.368 e. The van der Waals surface area contributed by atoms with Crippen LogP contribution in [0.1, 0.15) is 67.2 Å². The number of nitrogens with zero attached hydrogens (tertiary/aromatic N) is 6. The number of nitrogens with two attached hydrogens (primary N) is 1. The number of piperidine rings is 1. The number of hydrogen-bond acceptors (Lipinski definition) is 8. The maximum atomic E-state index is 6.36. The lowest BCUT2D eigenvalue weighted by Crippen LogP contribution is -2.50. The maximum absolute atomic E-state index is 6.36. The van der Waals surface area contributed by atoms with Crippen LogP contribution in [0.2, 0.25) is 0 Å². The number of nitrogen functional groups attached to an aromatic ring is 1. The second kappa shape index (κ2) is 11.9. The average Bonchev–Trinajstić information content (AvgIpc) is 3.61.